The number of rotatable bonds is 3. The van der Waals surface area contributed by atoms with Crippen LogP contribution in [0.2, 0.25) is 0 Å². The van der Waals surface area contributed by atoms with E-state index in [9.17, 15) is 17.2 Å². The Morgan fingerprint density at radius 1 is 1.04 bits per heavy atom. The quantitative estimate of drug-likeness (QED) is 0.836. The minimum Gasteiger partial charge on any atom is -0.490 e. The van der Waals surface area contributed by atoms with Gasteiger partial charge in [0.25, 0.3) is 0 Å². The Hall–Kier alpha value is -2.21. The molecule has 0 aliphatic carbocycles. The maximum atomic E-state index is 13.5. The molecule has 0 N–H and O–H groups in total. The van der Waals surface area contributed by atoms with Gasteiger partial charge in [0.15, 0.2) is 21.5 Å². The third-order valence-corrected chi connectivity index (χ3v) is 5.24. The molecule has 0 amide bonds. The summed E-state index contributed by atoms with van der Waals surface area (Å²) in [6, 6.07) is 10.2. The van der Waals surface area contributed by atoms with Crippen LogP contribution in [0.15, 0.2) is 59.7 Å². The number of ether oxygens (including phenoxy) is 1. The molecule has 3 nitrogen and oxygen atoms in total. The van der Waals surface area contributed by atoms with Crippen LogP contribution in [0.4, 0.5) is 8.78 Å². The van der Waals surface area contributed by atoms with Crippen LogP contribution in [0, 0.1) is 11.6 Å². The van der Waals surface area contributed by atoms with Gasteiger partial charge in [-0.3, -0.25) is 0 Å². The normalized spacial score (nSPS) is 20.9. The summed E-state index contributed by atoms with van der Waals surface area (Å²) < 4.78 is 55.5. The van der Waals surface area contributed by atoms with Crippen LogP contribution in [0.5, 0.6) is 0 Å². The summed E-state index contributed by atoms with van der Waals surface area (Å²) in [4.78, 5) is 0.215. The van der Waals surface area contributed by atoms with Crippen molar-refractivity contribution in [2.24, 2.45) is 0 Å². The lowest BCUT2D eigenvalue weighted by Crippen LogP contribution is -2.07. The zero-order chi connectivity index (χ0) is 17.5. The van der Waals surface area contributed by atoms with E-state index in [0.29, 0.717) is 17.7 Å². The van der Waals surface area contributed by atoms with Crippen molar-refractivity contribution in [3.8, 4) is 0 Å². The van der Waals surface area contributed by atoms with Crippen molar-refractivity contribution in [2.75, 3.05) is 6.26 Å². The molecule has 1 aliphatic heterocycles. The van der Waals surface area contributed by atoms with Crippen LogP contribution in [-0.4, -0.2) is 14.7 Å². The number of hydrogen-bond acceptors (Lipinski definition) is 3. The molecule has 3 rings (SSSR count). The van der Waals surface area contributed by atoms with Gasteiger partial charge in [0, 0.05) is 18.6 Å². The average Bonchev–Trinajstić information content (AvgIpc) is 2.91. The summed E-state index contributed by atoms with van der Waals surface area (Å²) in [7, 11) is -3.28. The minimum absolute atomic E-state index is 0.211. The van der Waals surface area contributed by atoms with Gasteiger partial charge in [-0.1, -0.05) is 24.8 Å². The second-order valence-corrected chi connectivity index (χ2v) is 7.92. The highest BCUT2D eigenvalue weighted by molar-refractivity contribution is 7.90. The van der Waals surface area contributed by atoms with Crippen molar-refractivity contribution >= 4 is 9.84 Å². The van der Waals surface area contributed by atoms with E-state index in [1.54, 1.807) is 12.1 Å². The highest BCUT2D eigenvalue weighted by Gasteiger charge is 2.34. The van der Waals surface area contributed by atoms with E-state index in [-0.39, 0.29) is 10.8 Å². The third kappa shape index (κ3) is 3.19. The van der Waals surface area contributed by atoms with Crippen molar-refractivity contribution in [2.45, 2.75) is 23.3 Å². The van der Waals surface area contributed by atoms with Crippen molar-refractivity contribution in [3.63, 3.8) is 0 Å². The van der Waals surface area contributed by atoms with E-state index in [1.165, 1.54) is 24.3 Å². The Bertz CT molecular complexity index is 889. The molecule has 0 bridgehead atoms. The molecular weight excluding hydrogens is 334 g/mol. The van der Waals surface area contributed by atoms with Gasteiger partial charge in [0.2, 0.25) is 0 Å². The van der Waals surface area contributed by atoms with Gasteiger partial charge >= 0.3 is 0 Å². The monoisotopic (exact) mass is 350 g/mol. The van der Waals surface area contributed by atoms with E-state index in [2.05, 4.69) is 6.58 Å². The van der Waals surface area contributed by atoms with Crippen molar-refractivity contribution < 1.29 is 21.9 Å². The predicted octanol–water partition coefficient (Wildman–Crippen LogP) is 4.13. The highest BCUT2D eigenvalue weighted by Crippen LogP contribution is 2.46. The van der Waals surface area contributed by atoms with Gasteiger partial charge < -0.3 is 4.74 Å². The Morgan fingerprint density at radius 3 is 2.25 bits per heavy atom. The molecule has 126 valence electrons. The second kappa shape index (κ2) is 6.02. The van der Waals surface area contributed by atoms with Crippen LogP contribution in [0.25, 0.3) is 0 Å². The van der Waals surface area contributed by atoms with Crippen LogP contribution in [0.3, 0.4) is 0 Å². The molecule has 6 heteroatoms. The van der Waals surface area contributed by atoms with E-state index < -0.39 is 27.6 Å². The first-order valence-electron chi connectivity index (χ1n) is 7.35. The van der Waals surface area contributed by atoms with E-state index in [4.69, 9.17) is 4.74 Å². The Labute approximate surface area is 139 Å². The largest absolute Gasteiger partial charge is 0.490 e. The standard InChI is InChI=1S/C18H16F2O3S/c1-11-9-15(13-5-8-16(19)17(20)10-13)18(23-11)12-3-6-14(7-4-12)24(2,21)22/h3-8,10,15,18H,1,9H2,2H3. The lowest BCUT2D eigenvalue weighted by molar-refractivity contribution is 0.152. The molecule has 0 spiro atoms. The molecule has 1 heterocycles. The molecular formula is C18H16F2O3S. The first-order chi connectivity index (χ1) is 11.3. The van der Waals surface area contributed by atoms with E-state index >= 15 is 0 Å². The SMILES string of the molecule is C=C1CC(c2ccc(F)c(F)c2)C(c2ccc(S(C)(=O)=O)cc2)O1. The van der Waals surface area contributed by atoms with Crippen molar-refractivity contribution in [1.82, 2.24) is 0 Å². The van der Waals surface area contributed by atoms with Gasteiger partial charge in [0.05, 0.1) is 10.7 Å². The molecule has 0 saturated carbocycles. The fraction of sp³-hybridized carbons (Fsp3) is 0.222. The van der Waals surface area contributed by atoms with Gasteiger partial charge in [0.1, 0.15) is 6.10 Å². The summed E-state index contributed by atoms with van der Waals surface area (Å²) in [6.07, 6.45) is 1.21. The zero-order valence-electron chi connectivity index (χ0n) is 13.0. The first-order valence-corrected chi connectivity index (χ1v) is 9.24. The van der Waals surface area contributed by atoms with E-state index in [0.717, 1.165) is 17.9 Å². The Balaban J connectivity index is 1.96. The summed E-state index contributed by atoms with van der Waals surface area (Å²) >= 11 is 0. The first kappa shape index (κ1) is 16.6. The third-order valence-electron chi connectivity index (χ3n) is 4.12. The van der Waals surface area contributed by atoms with Gasteiger partial charge in [-0.15, -0.1) is 0 Å². The number of allylic oxidation sites excluding steroid dienone is 1. The van der Waals surface area contributed by atoms with Crippen LogP contribution < -0.4 is 0 Å². The maximum absolute atomic E-state index is 13.5. The van der Waals surface area contributed by atoms with Crippen LogP contribution in [0.1, 0.15) is 29.6 Å². The highest BCUT2D eigenvalue weighted by atomic mass is 32.2. The smallest absolute Gasteiger partial charge is 0.175 e. The number of sulfone groups is 1. The zero-order valence-corrected chi connectivity index (χ0v) is 13.8. The van der Waals surface area contributed by atoms with Crippen molar-refractivity contribution in [3.05, 3.63) is 77.6 Å². The summed E-state index contributed by atoms with van der Waals surface area (Å²) in [5, 5.41) is 0. The maximum Gasteiger partial charge on any atom is 0.175 e. The molecule has 0 radical (unpaired) electrons. The molecule has 0 aromatic heterocycles. The predicted molar refractivity (Wildman–Crippen MR) is 86.2 cm³/mol. The number of benzene rings is 2. The van der Waals surface area contributed by atoms with E-state index in [1.807, 2.05) is 0 Å². The Morgan fingerprint density at radius 2 is 1.67 bits per heavy atom. The van der Waals surface area contributed by atoms with Crippen molar-refractivity contribution in [1.29, 1.82) is 0 Å². The lowest BCUT2D eigenvalue weighted by atomic mass is 9.88. The topological polar surface area (TPSA) is 43.4 Å². The molecule has 2 atom stereocenters. The molecule has 1 saturated heterocycles. The number of halogens is 2. The second-order valence-electron chi connectivity index (χ2n) is 5.90. The summed E-state index contributed by atoms with van der Waals surface area (Å²) in [6.45, 7) is 3.82. The molecule has 1 fully saturated rings. The fourth-order valence-electron chi connectivity index (χ4n) is 2.90. The van der Waals surface area contributed by atoms with Gasteiger partial charge in [-0.05, 0) is 35.4 Å². The van der Waals surface area contributed by atoms with Crippen LogP contribution in [-0.2, 0) is 14.6 Å². The van der Waals surface area contributed by atoms with Gasteiger partial charge in [-0.25, -0.2) is 17.2 Å². The lowest BCUT2D eigenvalue weighted by Gasteiger charge is -2.19. The number of hydrogen-bond donors (Lipinski definition) is 0. The summed E-state index contributed by atoms with van der Waals surface area (Å²) in [5.74, 6) is -1.46. The minimum atomic E-state index is -3.28. The van der Waals surface area contributed by atoms with Gasteiger partial charge in [-0.2, -0.15) is 0 Å². The molecule has 24 heavy (non-hydrogen) atoms. The molecule has 2 unspecified atom stereocenters. The molecule has 2 aromatic carbocycles. The molecule has 1 aliphatic rings. The average molecular weight is 350 g/mol. The van der Waals surface area contributed by atoms with Crippen LogP contribution >= 0.6 is 0 Å². The summed E-state index contributed by atoms with van der Waals surface area (Å²) in [5.41, 5.74) is 1.38. The Kier molecular flexibility index (Phi) is 4.17. The molecule has 2 aromatic rings. The fourth-order valence-corrected chi connectivity index (χ4v) is 3.53.